The van der Waals surface area contributed by atoms with E-state index in [0.717, 1.165) is 11.1 Å². The van der Waals surface area contributed by atoms with E-state index in [1.54, 1.807) is 32.4 Å². The summed E-state index contributed by atoms with van der Waals surface area (Å²) in [5.74, 6) is 0.718. The van der Waals surface area contributed by atoms with Gasteiger partial charge in [0.1, 0.15) is 5.82 Å². The second kappa shape index (κ2) is 6.33. The van der Waals surface area contributed by atoms with Crippen LogP contribution in [0.4, 0.5) is 4.39 Å². The van der Waals surface area contributed by atoms with Crippen LogP contribution in [0.3, 0.4) is 0 Å². The molecule has 0 heterocycles. The second-order valence-electron chi connectivity index (χ2n) is 4.68. The number of benzene rings is 2. The Morgan fingerprint density at radius 3 is 2.33 bits per heavy atom. The SMILES string of the molecule is COc1cc(C)c(C(N)c2c(F)cccc2Cl)cc1OC. The molecule has 1 unspecified atom stereocenters. The fourth-order valence-corrected chi connectivity index (χ4v) is 2.58. The first-order valence-corrected chi connectivity index (χ1v) is 6.79. The van der Waals surface area contributed by atoms with Crippen molar-refractivity contribution in [1.29, 1.82) is 0 Å². The zero-order valence-electron chi connectivity index (χ0n) is 12.1. The predicted molar refractivity (Wildman–Crippen MR) is 81.7 cm³/mol. The monoisotopic (exact) mass is 309 g/mol. The smallest absolute Gasteiger partial charge is 0.161 e. The fourth-order valence-electron chi connectivity index (χ4n) is 2.29. The predicted octanol–water partition coefficient (Wildman–Crippen LogP) is 3.85. The van der Waals surface area contributed by atoms with Gasteiger partial charge in [0.2, 0.25) is 0 Å². The van der Waals surface area contributed by atoms with Crippen molar-refractivity contribution in [2.45, 2.75) is 13.0 Å². The first kappa shape index (κ1) is 15.6. The highest BCUT2D eigenvalue weighted by atomic mass is 35.5. The molecule has 2 aromatic rings. The van der Waals surface area contributed by atoms with E-state index in [2.05, 4.69) is 0 Å². The minimum absolute atomic E-state index is 0.273. The molecule has 2 N–H and O–H groups in total. The molecular formula is C16H17ClFNO2. The second-order valence-corrected chi connectivity index (χ2v) is 5.08. The van der Waals surface area contributed by atoms with Crippen LogP contribution in [-0.2, 0) is 0 Å². The molecule has 0 aliphatic carbocycles. The zero-order valence-corrected chi connectivity index (χ0v) is 12.9. The van der Waals surface area contributed by atoms with E-state index in [-0.39, 0.29) is 5.56 Å². The summed E-state index contributed by atoms with van der Waals surface area (Å²) in [6.07, 6.45) is 0. The minimum Gasteiger partial charge on any atom is -0.493 e. The highest BCUT2D eigenvalue weighted by Crippen LogP contribution is 2.36. The van der Waals surface area contributed by atoms with Crippen LogP contribution in [0.25, 0.3) is 0 Å². The van der Waals surface area contributed by atoms with Crippen LogP contribution in [-0.4, -0.2) is 14.2 Å². The maximum Gasteiger partial charge on any atom is 0.161 e. The number of hydrogen-bond donors (Lipinski definition) is 1. The molecule has 0 fully saturated rings. The van der Waals surface area contributed by atoms with Gasteiger partial charge in [-0.15, -0.1) is 0 Å². The van der Waals surface area contributed by atoms with Gasteiger partial charge in [0.05, 0.1) is 20.3 Å². The van der Waals surface area contributed by atoms with Crippen molar-refractivity contribution in [3.05, 3.63) is 57.9 Å². The van der Waals surface area contributed by atoms with Crippen LogP contribution in [0, 0.1) is 12.7 Å². The Morgan fingerprint density at radius 1 is 1.14 bits per heavy atom. The maximum atomic E-state index is 14.0. The van der Waals surface area contributed by atoms with Crippen LogP contribution < -0.4 is 15.2 Å². The Hall–Kier alpha value is -1.78. The standard InChI is InChI=1S/C16H17ClFNO2/c1-9-7-13(20-2)14(21-3)8-10(9)16(19)15-11(17)5-4-6-12(15)18/h4-8,16H,19H2,1-3H3. The van der Waals surface area contributed by atoms with Crippen molar-refractivity contribution in [3.8, 4) is 11.5 Å². The third-order valence-corrected chi connectivity index (χ3v) is 3.75. The number of hydrogen-bond acceptors (Lipinski definition) is 3. The molecule has 2 aromatic carbocycles. The molecule has 112 valence electrons. The van der Waals surface area contributed by atoms with Gasteiger partial charge in [-0.2, -0.15) is 0 Å². The number of methoxy groups -OCH3 is 2. The van der Waals surface area contributed by atoms with E-state index in [0.29, 0.717) is 16.5 Å². The van der Waals surface area contributed by atoms with E-state index < -0.39 is 11.9 Å². The summed E-state index contributed by atoms with van der Waals surface area (Å²) in [5, 5.41) is 0.302. The molecule has 0 amide bonds. The summed E-state index contributed by atoms with van der Waals surface area (Å²) < 4.78 is 24.5. The van der Waals surface area contributed by atoms with Gasteiger partial charge in [0.25, 0.3) is 0 Å². The van der Waals surface area contributed by atoms with Crippen molar-refractivity contribution in [2.24, 2.45) is 5.73 Å². The van der Waals surface area contributed by atoms with Gasteiger partial charge in [-0.05, 0) is 42.3 Å². The molecule has 0 spiro atoms. The van der Waals surface area contributed by atoms with Crippen LogP contribution in [0.5, 0.6) is 11.5 Å². The lowest BCUT2D eigenvalue weighted by molar-refractivity contribution is 0.354. The number of nitrogens with two attached hydrogens (primary N) is 1. The van der Waals surface area contributed by atoms with Gasteiger partial charge in [0.15, 0.2) is 11.5 Å². The molecule has 3 nitrogen and oxygen atoms in total. The summed E-state index contributed by atoms with van der Waals surface area (Å²) in [7, 11) is 3.10. The normalized spacial score (nSPS) is 12.1. The summed E-state index contributed by atoms with van der Waals surface area (Å²) in [6, 6.07) is 7.39. The Morgan fingerprint density at radius 2 is 1.76 bits per heavy atom. The van der Waals surface area contributed by atoms with Gasteiger partial charge in [0, 0.05) is 10.6 Å². The van der Waals surface area contributed by atoms with Crippen LogP contribution in [0.2, 0.25) is 5.02 Å². The highest BCUT2D eigenvalue weighted by molar-refractivity contribution is 6.31. The van der Waals surface area contributed by atoms with Crippen molar-refractivity contribution < 1.29 is 13.9 Å². The highest BCUT2D eigenvalue weighted by Gasteiger charge is 2.20. The van der Waals surface area contributed by atoms with E-state index >= 15 is 0 Å². The van der Waals surface area contributed by atoms with E-state index in [1.807, 2.05) is 13.0 Å². The van der Waals surface area contributed by atoms with Gasteiger partial charge in [-0.3, -0.25) is 0 Å². The van der Waals surface area contributed by atoms with Crippen molar-refractivity contribution in [1.82, 2.24) is 0 Å². The first-order valence-electron chi connectivity index (χ1n) is 6.41. The molecule has 0 aliphatic heterocycles. The lowest BCUT2D eigenvalue weighted by Crippen LogP contribution is -2.16. The molecule has 2 rings (SSSR count). The summed E-state index contributed by atoms with van der Waals surface area (Å²) in [4.78, 5) is 0. The van der Waals surface area contributed by atoms with E-state index in [4.69, 9.17) is 26.8 Å². The average Bonchev–Trinajstić information content (AvgIpc) is 2.46. The Kier molecular flexibility index (Phi) is 4.70. The third kappa shape index (κ3) is 2.96. The number of halogens is 2. The van der Waals surface area contributed by atoms with Crippen LogP contribution in [0.1, 0.15) is 22.7 Å². The molecule has 0 saturated carbocycles. The Balaban J connectivity index is 2.56. The number of ether oxygens (including phenoxy) is 2. The summed E-state index contributed by atoms with van der Waals surface area (Å²) in [6.45, 7) is 1.88. The van der Waals surface area contributed by atoms with E-state index in [9.17, 15) is 4.39 Å². The molecule has 21 heavy (non-hydrogen) atoms. The van der Waals surface area contributed by atoms with E-state index in [1.165, 1.54) is 6.07 Å². The maximum absolute atomic E-state index is 14.0. The Bertz CT molecular complexity index is 641. The quantitative estimate of drug-likeness (QED) is 0.933. The molecule has 0 aliphatic rings. The minimum atomic E-state index is -0.682. The fraction of sp³-hybridized carbons (Fsp3) is 0.250. The average molecular weight is 310 g/mol. The largest absolute Gasteiger partial charge is 0.493 e. The summed E-state index contributed by atoms with van der Waals surface area (Å²) in [5.41, 5.74) is 8.10. The van der Waals surface area contributed by atoms with Gasteiger partial charge >= 0.3 is 0 Å². The van der Waals surface area contributed by atoms with Crippen molar-refractivity contribution >= 4 is 11.6 Å². The van der Waals surface area contributed by atoms with Crippen molar-refractivity contribution in [3.63, 3.8) is 0 Å². The lowest BCUT2D eigenvalue weighted by atomic mass is 9.94. The molecule has 0 radical (unpaired) electrons. The van der Waals surface area contributed by atoms with Gasteiger partial charge < -0.3 is 15.2 Å². The topological polar surface area (TPSA) is 44.5 Å². The molecule has 1 atom stereocenters. The van der Waals surface area contributed by atoms with Crippen LogP contribution in [0.15, 0.2) is 30.3 Å². The molecule has 0 aromatic heterocycles. The van der Waals surface area contributed by atoms with Crippen molar-refractivity contribution in [2.75, 3.05) is 14.2 Å². The molecular weight excluding hydrogens is 293 g/mol. The van der Waals surface area contributed by atoms with Gasteiger partial charge in [-0.25, -0.2) is 4.39 Å². The zero-order chi connectivity index (χ0) is 15.6. The third-order valence-electron chi connectivity index (χ3n) is 3.42. The molecule has 0 saturated heterocycles. The number of rotatable bonds is 4. The Labute approximate surface area is 128 Å². The van der Waals surface area contributed by atoms with Gasteiger partial charge in [-0.1, -0.05) is 17.7 Å². The first-order chi connectivity index (χ1) is 9.99. The lowest BCUT2D eigenvalue weighted by Gasteiger charge is -2.19. The molecule has 5 heteroatoms. The summed E-state index contributed by atoms with van der Waals surface area (Å²) >= 11 is 6.08. The van der Waals surface area contributed by atoms with Crippen LogP contribution >= 0.6 is 11.6 Å². The number of aryl methyl sites for hydroxylation is 1. The molecule has 0 bridgehead atoms.